The number of piperidine rings is 1. The fourth-order valence-corrected chi connectivity index (χ4v) is 3.16. The molecule has 2 heteroatoms. The first-order valence-corrected chi connectivity index (χ1v) is 6.74. The molecule has 2 rings (SSSR count). The van der Waals surface area contributed by atoms with Crippen LogP contribution in [-0.4, -0.2) is 18.8 Å². The van der Waals surface area contributed by atoms with Gasteiger partial charge in [-0.1, -0.05) is 18.2 Å². The van der Waals surface area contributed by atoms with Crippen molar-refractivity contribution in [2.75, 3.05) is 18.8 Å². The number of hydrogen-bond acceptors (Lipinski definition) is 2. The van der Waals surface area contributed by atoms with Crippen molar-refractivity contribution in [2.45, 2.75) is 24.7 Å². The average molecular weight is 221 g/mol. The molecule has 15 heavy (non-hydrogen) atoms. The third kappa shape index (κ3) is 3.25. The predicted octanol–water partition coefficient (Wildman–Crippen LogP) is 3.09. The maximum Gasteiger partial charge on any atom is 0.0101 e. The molecule has 0 aliphatic carbocycles. The van der Waals surface area contributed by atoms with Gasteiger partial charge in [-0.2, -0.15) is 0 Å². The van der Waals surface area contributed by atoms with E-state index >= 15 is 0 Å². The molecule has 82 valence electrons. The molecule has 1 nitrogen and oxygen atoms in total. The van der Waals surface area contributed by atoms with Crippen molar-refractivity contribution in [3.05, 3.63) is 29.8 Å². The summed E-state index contributed by atoms with van der Waals surface area (Å²) in [5.41, 5.74) is 1.41. The van der Waals surface area contributed by atoms with E-state index in [1.54, 1.807) is 0 Å². The minimum atomic E-state index is 0.864. The van der Waals surface area contributed by atoms with Crippen molar-refractivity contribution in [3.63, 3.8) is 0 Å². The van der Waals surface area contributed by atoms with Crippen LogP contribution in [0.5, 0.6) is 0 Å². The predicted molar refractivity (Wildman–Crippen MR) is 67.5 cm³/mol. The summed E-state index contributed by atoms with van der Waals surface area (Å²) < 4.78 is 0. The molecular formula is C13H19NS. The summed E-state index contributed by atoms with van der Waals surface area (Å²) >= 11 is 2.01. The molecule has 1 aromatic carbocycles. The molecule has 1 N–H and O–H groups in total. The molecule has 1 heterocycles. The highest BCUT2D eigenvalue weighted by Gasteiger charge is 2.13. The number of nitrogens with one attached hydrogen (secondary N) is 1. The van der Waals surface area contributed by atoms with Crippen molar-refractivity contribution in [3.8, 4) is 0 Å². The molecule has 1 aromatic rings. The van der Waals surface area contributed by atoms with Gasteiger partial charge < -0.3 is 5.32 Å². The van der Waals surface area contributed by atoms with Gasteiger partial charge in [0, 0.05) is 10.6 Å². The van der Waals surface area contributed by atoms with Gasteiger partial charge in [-0.05, 0) is 50.4 Å². The summed E-state index contributed by atoms with van der Waals surface area (Å²) in [4.78, 5) is 1.45. The van der Waals surface area contributed by atoms with Crippen molar-refractivity contribution in [2.24, 2.45) is 5.92 Å². The maximum atomic E-state index is 3.47. The third-order valence-electron chi connectivity index (χ3n) is 2.97. The lowest BCUT2D eigenvalue weighted by Gasteiger charge is -2.22. The minimum absolute atomic E-state index is 0.864. The number of thioether (sulfide) groups is 1. The van der Waals surface area contributed by atoms with Gasteiger partial charge in [-0.3, -0.25) is 0 Å². The van der Waals surface area contributed by atoms with Crippen LogP contribution >= 0.6 is 11.8 Å². The van der Waals surface area contributed by atoms with E-state index in [4.69, 9.17) is 0 Å². The summed E-state index contributed by atoms with van der Waals surface area (Å²) in [5, 5.41) is 3.47. The van der Waals surface area contributed by atoms with Gasteiger partial charge in [-0.25, -0.2) is 0 Å². The SMILES string of the molecule is Cc1ccccc1SCC1CCCNC1. The van der Waals surface area contributed by atoms with Gasteiger partial charge in [-0.15, -0.1) is 11.8 Å². The second-order valence-electron chi connectivity index (χ2n) is 4.29. The zero-order valence-electron chi connectivity index (χ0n) is 9.33. The van der Waals surface area contributed by atoms with Gasteiger partial charge >= 0.3 is 0 Å². The number of rotatable bonds is 3. The molecule has 0 amide bonds. The zero-order valence-corrected chi connectivity index (χ0v) is 10.1. The molecule has 1 fully saturated rings. The second kappa shape index (κ2) is 5.57. The smallest absolute Gasteiger partial charge is 0.0101 e. The molecule has 0 bridgehead atoms. The third-order valence-corrected chi connectivity index (χ3v) is 4.37. The molecule has 1 aliphatic heterocycles. The first-order valence-electron chi connectivity index (χ1n) is 5.75. The lowest BCUT2D eigenvalue weighted by Crippen LogP contribution is -2.30. The minimum Gasteiger partial charge on any atom is -0.316 e. The monoisotopic (exact) mass is 221 g/mol. The molecule has 0 spiro atoms. The van der Waals surface area contributed by atoms with Crippen LogP contribution in [0.2, 0.25) is 0 Å². The van der Waals surface area contributed by atoms with E-state index in [1.165, 1.54) is 42.1 Å². The molecule has 0 aromatic heterocycles. The first-order chi connectivity index (χ1) is 7.36. The summed E-state index contributed by atoms with van der Waals surface area (Å²) in [6.45, 7) is 4.62. The van der Waals surface area contributed by atoms with Crippen molar-refractivity contribution < 1.29 is 0 Å². The quantitative estimate of drug-likeness (QED) is 0.787. The molecular weight excluding hydrogens is 202 g/mol. The van der Waals surface area contributed by atoms with Crippen LogP contribution in [0.25, 0.3) is 0 Å². The highest BCUT2D eigenvalue weighted by atomic mass is 32.2. The Morgan fingerprint density at radius 2 is 2.27 bits per heavy atom. The Balaban J connectivity index is 1.84. The molecule has 1 saturated heterocycles. The second-order valence-corrected chi connectivity index (χ2v) is 5.35. The summed E-state index contributed by atoms with van der Waals surface area (Å²) in [5.74, 6) is 2.13. The summed E-state index contributed by atoms with van der Waals surface area (Å²) in [6, 6.07) is 8.67. The van der Waals surface area contributed by atoms with Crippen LogP contribution in [0.4, 0.5) is 0 Å². The molecule has 1 atom stereocenters. The van der Waals surface area contributed by atoms with Crippen LogP contribution in [-0.2, 0) is 0 Å². The molecule has 1 aliphatic rings. The number of aryl methyl sites for hydroxylation is 1. The number of hydrogen-bond donors (Lipinski definition) is 1. The Morgan fingerprint density at radius 1 is 1.40 bits per heavy atom. The van der Waals surface area contributed by atoms with Crippen molar-refractivity contribution in [1.29, 1.82) is 0 Å². The maximum absolute atomic E-state index is 3.47. The van der Waals surface area contributed by atoms with Gasteiger partial charge in [0.05, 0.1) is 0 Å². The average Bonchev–Trinajstić information content (AvgIpc) is 2.29. The largest absolute Gasteiger partial charge is 0.316 e. The van der Waals surface area contributed by atoms with Crippen LogP contribution in [0.3, 0.4) is 0 Å². The Morgan fingerprint density at radius 3 is 3.00 bits per heavy atom. The van der Waals surface area contributed by atoms with Gasteiger partial charge in [0.15, 0.2) is 0 Å². The topological polar surface area (TPSA) is 12.0 Å². The molecule has 0 radical (unpaired) electrons. The van der Waals surface area contributed by atoms with Gasteiger partial charge in [0.25, 0.3) is 0 Å². The first kappa shape index (κ1) is 11.0. The van der Waals surface area contributed by atoms with Crippen LogP contribution < -0.4 is 5.32 Å². The van der Waals surface area contributed by atoms with E-state index in [1.807, 2.05) is 11.8 Å². The van der Waals surface area contributed by atoms with Crippen LogP contribution in [0.1, 0.15) is 18.4 Å². The van der Waals surface area contributed by atoms with E-state index < -0.39 is 0 Å². The highest BCUT2D eigenvalue weighted by molar-refractivity contribution is 7.99. The van der Waals surface area contributed by atoms with Crippen LogP contribution in [0.15, 0.2) is 29.2 Å². The standard InChI is InChI=1S/C13H19NS/c1-11-5-2-3-7-13(11)15-10-12-6-4-8-14-9-12/h2-3,5,7,12,14H,4,6,8-10H2,1H3. The fraction of sp³-hybridized carbons (Fsp3) is 0.538. The van der Waals surface area contributed by atoms with Gasteiger partial charge in [0.2, 0.25) is 0 Å². The fourth-order valence-electron chi connectivity index (χ4n) is 1.99. The summed E-state index contributed by atoms with van der Waals surface area (Å²) in [6.07, 6.45) is 2.74. The number of benzene rings is 1. The van der Waals surface area contributed by atoms with E-state index in [2.05, 4.69) is 36.5 Å². The van der Waals surface area contributed by atoms with E-state index in [9.17, 15) is 0 Å². The van der Waals surface area contributed by atoms with Gasteiger partial charge in [0.1, 0.15) is 0 Å². The van der Waals surface area contributed by atoms with Crippen molar-refractivity contribution >= 4 is 11.8 Å². The van der Waals surface area contributed by atoms with Crippen LogP contribution in [0, 0.1) is 12.8 Å². The lowest BCUT2D eigenvalue weighted by molar-refractivity contribution is 0.410. The van der Waals surface area contributed by atoms with Crippen molar-refractivity contribution in [1.82, 2.24) is 5.32 Å². The Bertz CT molecular complexity index is 305. The molecule has 0 saturated carbocycles. The Hall–Kier alpha value is -0.470. The Kier molecular flexibility index (Phi) is 4.09. The molecule has 1 unspecified atom stereocenters. The zero-order chi connectivity index (χ0) is 10.5. The normalized spacial score (nSPS) is 21.5. The Labute approximate surface area is 96.7 Å². The highest BCUT2D eigenvalue weighted by Crippen LogP contribution is 2.26. The van der Waals surface area contributed by atoms with E-state index in [0.29, 0.717) is 0 Å². The van der Waals surface area contributed by atoms with E-state index in [0.717, 1.165) is 5.92 Å². The summed E-state index contributed by atoms with van der Waals surface area (Å²) in [7, 11) is 0. The lowest BCUT2D eigenvalue weighted by atomic mass is 10.0. The van der Waals surface area contributed by atoms with E-state index in [-0.39, 0.29) is 0 Å².